The molecule has 0 aliphatic rings. The highest BCUT2D eigenvalue weighted by molar-refractivity contribution is 7.92. The molecule has 0 radical (unpaired) electrons. The van der Waals surface area contributed by atoms with E-state index in [0.29, 0.717) is 12.1 Å². The molecule has 1 heterocycles. The van der Waals surface area contributed by atoms with Gasteiger partial charge in [-0.15, -0.1) is 11.3 Å². The predicted molar refractivity (Wildman–Crippen MR) is 77.9 cm³/mol. The minimum atomic E-state index is -3.76. The highest BCUT2D eigenvalue weighted by Gasteiger charge is 2.19. The summed E-state index contributed by atoms with van der Waals surface area (Å²) in [5.74, 6) is -1.13. The molecule has 0 saturated heterocycles. The lowest BCUT2D eigenvalue weighted by Crippen LogP contribution is -2.13. The van der Waals surface area contributed by atoms with Gasteiger partial charge in [0.2, 0.25) is 0 Å². The van der Waals surface area contributed by atoms with E-state index < -0.39 is 16.0 Å². The molecule has 1 aromatic carbocycles. The first-order chi connectivity index (χ1) is 9.44. The highest BCUT2D eigenvalue weighted by atomic mass is 32.2. The van der Waals surface area contributed by atoms with Crippen molar-refractivity contribution in [3.63, 3.8) is 0 Å². The fourth-order valence-electron chi connectivity index (χ4n) is 1.70. The number of hydrogen-bond acceptors (Lipinski definition) is 4. The molecule has 106 valence electrons. The van der Waals surface area contributed by atoms with Crippen molar-refractivity contribution in [3.05, 3.63) is 46.2 Å². The number of rotatable bonds is 5. The van der Waals surface area contributed by atoms with Crippen molar-refractivity contribution in [2.45, 2.75) is 18.2 Å². The van der Waals surface area contributed by atoms with Crippen LogP contribution in [0.15, 0.2) is 40.6 Å². The zero-order chi connectivity index (χ0) is 14.8. The van der Waals surface area contributed by atoms with Crippen molar-refractivity contribution in [2.24, 2.45) is 0 Å². The summed E-state index contributed by atoms with van der Waals surface area (Å²) in [5.41, 5.74) is 1.39. The van der Waals surface area contributed by atoms with Crippen molar-refractivity contribution >= 4 is 33.0 Å². The number of carboxylic acids is 1. The molecule has 0 saturated carbocycles. The molecule has 0 amide bonds. The maximum atomic E-state index is 12.2. The molecule has 0 bridgehead atoms. The minimum absolute atomic E-state index is 0.00542. The molecule has 0 spiro atoms. The van der Waals surface area contributed by atoms with Crippen LogP contribution < -0.4 is 4.72 Å². The first-order valence-corrected chi connectivity index (χ1v) is 8.23. The third-order valence-electron chi connectivity index (χ3n) is 2.74. The predicted octanol–water partition coefficient (Wildman–Crippen LogP) is 2.81. The molecule has 7 heteroatoms. The highest BCUT2D eigenvalue weighted by Crippen LogP contribution is 2.24. The lowest BCUT2D eigenvalue weighted by molar-refractivity contribution is 0.0702. The van der Waals surface area contributed by atoms with Gasteiger partial charge in [-0.05, 0) is 24.1 Å². The van der Waals surface area contributed by atoms with Crippen LogP contribution in [0.2, 0.25) is 0 Å². The summed E-state index contributed by atoms with van der Waals surface area (Å²) in [6.07, 6.45) is 0.697. The summed E-state index contributed by atoms with van der Waals surface area (Å²) in [7, 11) is -3.76. The van der Waals surface area contributed by atoms with E-state index in [9.17, 15) is 13.2 Å². The molecular weight excluding hydrogens is 298 g/mol. The second kappa shape index (κ2) is 5.64. The average Bonchev–Trinajstić information content (AvgIpc) is 2.89. The van der Waals surface area contributed by atoms with Gasteiger partial charge in [0.25, 0.3) is 10.0 Å². The quantitative estimate of drug-likeness (QED) is 0.889. The molecule has 2 rings (SSSR count). The van der Waals surface area contributed by atoms with Gasteiger partial charge in [0.15, 0.2) is 0 Å². The van der Waals surface area contributed by atoms with Crippen LogP contribution >= 0.6 is 11.3 Å². The van der Waals surface area contributed by atoms with E-state index >= 15 is 0 Å². The standard InChI is InChI=1S/C13H13NO4S2/c1-2-9-5-3-4-6-11(9)14-20(17,18)10-7-12(13(15)16)19-8-10/h3-8,14H,2H2,1H3,(H,15,16). The number of nitrogens with one attached hydrogen (secondary N) is 1. The van der Waals surface area contributed by atoms with Crippen LogP contribution in [0.1, 0.15) is 22.2 Å². The van der Waals surface area contributed by atoms with Crippen molar-refractivity contribution in [1.29, 1.82) is 0 Å². The monoisotopic (exact) mass is 311 g/mol. The largest absolute Gasteiger partial charge is 0.477 e. The van der Waals surface area contributed by atoms with Crippen LogP contribution in [0.5, 0.6) is 0 Å². The Morgan fingerprint density at radius 3 is 2.65 bits per heavy atom. The molecule has 0 fully saturated rings. The van der Waals surface area contributed by atoms with Crippen molar-refractivity contribution < 1.29 is 18.3 Å². The Morgan fingerprint density at radius 1 is 1.35 bits per heavy atom. The number of hydrogen-bond donors (Lipinski definition) is 2. The first kappa shape index (κ1) is 14.5. The Hall–Kier alpha value is -1.86. The van der Waals surface area contributed by atoms with Gasteiger partial charge < -0.3 is 5.11 Å². The Kier molecular flexibility index (Phi) is 4.10. The molecule has 0 aliphatic heterocycles. The fraction of sp³-hybridized carbons (Fsp3) is 0.154. The van der Waals surface area contributed by atoms with Gasteiger partial charge in [-0.25, -0.2) is 13.2 Å². The third-order valence-corrected chi connectivity index (χ3v) is 5.15. The van der Waals surface area contributed by atoms with E-state index in [2.05, 4.69) is 4.72 Å². The first-order valence-electron chi connectivity index (χ1n) is 5.86. The Balaban J connectivity index is 2.33. The van der Waals surface area contributed by atoms with Gasteiger partial charge in [-0.1, -0.05) is 25.1 Å². The fourth-order valence-corrected chi connectivity index (χ4v) is 3.92. The van der Waals surface area contributed by atoms with Gasteiger partial charge in [0.05, 0.1) is 10.6 Å². The van der Waals surface area contributed by atoms with Crippen LogP contribution in [0, 0.1) is 0 Å². The number of carboxylic acid groups (broad SMARTS) is 1. The van der Waals surface area contributed by atoms with Gasteiger partial charge in [0, 0.05) is 5.38 Å². The molecule has 1 aromatic heterocycles. The number of carbonyl (C=O) groups is 1. The Morgan fingerprint density at radius 2 is 2.05 bits per heavy atom. The summed E-state index contributed by atoms with van der Waals surface area (Å²) in [5, 5.41) is 10.2. The van der Waals surface area contributed by atoms with Crippen LogP contribution in [0.4, 0.5) is 5.69 Å². The third kappa shape index (κ3) is 3.00. The van der Waals surface area contributed by atoms with Crippen molar-refractivity contribution in [1.82, 2.24) is 0 Å². The summed E-state index contributed by atoms with van der Waals surface area (Å²) < 4.78 is 26.9. The Labute approximate surface area is 120 Å². The number of benzene rings is 1. The molecule has 0 aliphatic carbocycles. The molecular formula is C13H13NO4S2. The topological polar surface area (TPSA) is 83.5 Å². The van der Waals surface area contributed by atoms with Gasteiger partial charge in [-0.3, -0.25) is 4.72 Å². The van der Waals surface area contributed by atoms with Crippen LogP contribution in [-0.4, -0.2) is 19.5 Å². The SMILES string of the molecule is CCc1ccccc1NS(=O)(=O)c1csc(C(=O)O)c1. The van der Waals surface area contributed by atoms with Crippen LogP contribution in [0.3, 0.4) is 0 Å². The lowest BCUT2D eigenvalue weighted by atomic mass is 10.1. The number of aromatic carboxylic acids is 1. The smallest absolute Gasteiger partial charge is 0.345 e. The molecule has 0 atom stereocenters. The number of thiophene rings is 1. The summed E-state index contributed by atoms with van der Waals surface area (Å²) in [4.78, 5) is 10.8. The van der Waals surface area contributed by atoms with E-state index in [0.717, 1.165) is 23.0 Å². The average molecular weight is 311 g/mol. The Bertz CT molecular complexity index is 734. The van der Waals surface area contributed by atoms with Crippen molar-refractivity contribution in [2.75, 3.05) is 4.72 Å². The van der Waals surface area contributed by atoms with E-state index in [1.165, 1.54) is 5.38 Å². The maximum Gasteiger partial charge on any atom is 0.345 e. The second-order valence-electron chi connectivity index (χ2n) is 4.07. The number of anilines is 1. The van der Waals surface area contributed by atoms with Crippen LogP contribution in [0.25, 0.3) is 0 Å². The second-order valence-corrected chi connectivity index (χ2v) is 6.66. The summed E-state index contributed by atoms with van der Waals surface area (Å²) in [6, 6.07) is 8.26. The molecule has 2 aromatic rings. The van der Waals surface area contributed by atoms with Gasteiger partial charge in [-0.2, -0.15) is 0 Å². The van der Waals surface area contributed by atoms with E-state index in [1.807, 2.05) is 19.1 Å². The van der Waals surface area contributed by atoms with E-state index in [1.54, 1.807) is 12.1 Å². The number of para-hydroxylation sites is 1. The van der Waals surface area contributed by atoms with Crippen molar-refractivity contribution in [3.8, 4) is 0 Å². The normalized spacial score (nSPS) is 11.2. The zero-order valence-electron chi connectivity index (χ0n) is 10.7. The van der Waals surface area contributed by atoms with Gasteiger partial charge in [0.1, 0.15) is 4.88 Å². The zero-order valence-corrected chi connectivity index (χ0v) is 12.3. The number of aryl methyl sites for hydroxylation is 1. The molecule has 5 nitrogen and oxygen atoms in total. The van der Waals surface area contributed by atoms with E-state index in [4.69, 9.17) is 5.11 Å². The van der Waals surface area contributed by atoms with Gasteiger partial charge >= 0.3 is 5.97 Å². The minimum Gasteiger partial charge on any atom is -0.477 e. The van der Waals surface area contributed by atoms with Crippen LogP contribution in [-0.2, 0) is 16.4 Å². The lowest BCUT2D eigenvalue weighted by Gasteiger charge is -2.10. The van der Waals surface area contributed by atoms with E-state index in [-0.39, 0.29) is 9.77 Å². The summed E-state index contributed by atoms with van der Waals surface area (Å²) >= 11 is 0.886. The maximum absolute atomic E-state index is 12.2. The molecule has 20 heavy (non-hydrogen) atoms. The number of sulfonamides is 1. The molecule has 0 unspecified atom stereocenters. The molecule has 2 N–H and O–H groups in total. The summed E-state index contributed by atoms with van der Waals surface area (Å²) in [6.45, 7) is 1.93.